The molecule has 1 aliphatic rings. The minimum absolute atomic E-state index is 0.00798. The Kier molecular flexibility index (Phi) is 8.56. The van der Waals surface area contributed by atoms with Gasteiger partial charge in [-0.25, -0.2) is 9.59 Å². The van der Waals surface area contributed by atoms with Crippen molar-refractivity contribution in [1.29, 1.82) is 0 Å². The van der Waals surface area contributed by atoms with Gasteiger partial charge in [-0.05, 0) is 31.2 Å². The van der Waals surface area contributed by atoms with Gasteiger partial charge in [0.15, 0.2) is 0 Å². The number of carbonyl (C=O) groups is 4. The highest BCUT2D eigenvalue weighted by Gasteiger charge is 2.20. The van der Waals surface area contributed by atoms with Crippen LogP contribution >= 0.6 is 0 Å². The number of carbonyl (C=O) groups excluding carboxylic acids is 4. The number of morpholine rings is 1. The van der Waals surface area contributed by atoms with E-state index in [1.807, 2.05) is 0 Å². The van der Waals surface area contributed by atoms with Gasteiger partial charge in [-0.1, -0.05) is 0 Å². The first-order valence-electron chi connectivity index (χ1n) is 9.16. The second-order valence-corrected chi connectivity index (χ2v) is 6.26. The Balaban J connectivity index is 1.93. The second-order valence-electron chi connectivity index (χ2n) is 6.26. The van der Waals surface area contributed by atoms with E-state index in [4.69, 9.17) is 4.74 Å². The molecule has 1 aromatic carbocycles. The Morgan fingerprint density at radius 3 is 2.38 bits per heavy atom. The first-order valence-corrected chi connectivity index (χ1v) is 9.16. The van der Waals surface area contributed by atoms with Crippen LogP contribution in [-0.4, -0.2) is 82.3 Å². The van der Waals surface area contributed by atoms with Crippen LogP contribution < -0.4 is 10.6 Å². The number of amides is 2. The van der Waals surface area contributed by atoms with E-state index in [9.17, 15) is 19.2 Å². The molecule has 10 heteroatoms. The van der Waals surface area contributed by atoms with E-state index in [0.29, 0.717) is 26.2 Å². The number of esters is 2. The number of nitrogens with one attached hydrogen (secondary N) is 2. The van der Waals surface area contributed by atoms with Crippen molar-refractivity contribution in [2.45, 2.75) is 6.42 Å². The van der Waals surface area contributed by atoms with Crippen LogP contribution in [0, 0.1) is 0 Å². The molecule has 1 aliphatic heterocycles. The van der Waals surface area contributed by atoms with Crippen LogP contribution in [0.4, 0.5) is 5.69 Å². The lowest BCUT2D eigenvalue weighted by molar-refractivity contribution is -0.136. The molecule has 2 rings (SSSR count). The average Bonchev–Trinajstić information content (AvgIpc) is 2.76. The number of benzene rings is 1. The van der Waals surface area contributed by atoms with Crippen molar-refractivity contribution < 1.29 is 33.4 Å². The SMILES string of the molecule is COC(=O)c1ccc(C(=O)OC)c(NC(=O)C(=O)NCCCN2CCOCC2)c1. The third kappa shape index (κ3) is 6.54. The molecule has 0 radical (unpaired) electrons. The summed E-state index contributed by atoms with van der Waals surface area (Å²) in [5, 5.41) is 4.89. The fourth-order valence-corrected chi connectivity index (χ4v) is 2.77. The highest BCUT2D eigenvalue weighted by atomic mass is 16.5. The van der Waals surface area contributed by atoms with Gasteiger partial charge in [0, 0.05) is 19.6 Å². The molecular weight excluding hydrogens is 382 g/mol. The summed E-state index contributed by atoms with van der Waals surface area (Å²) in [5.74, 6) is -3.16. The van der Waals surface area contributed by atoms with Gasteiger partial charge in [-0.2, -0.15) is 0 Å². The highest BCUT2D eigenvalue weighted by Crippen LogP contribution is 2.19. The Labute approximate surface area is 168 Å². The lowest BCUT2D eigenvalue weighted by Crippen LogP contribution is -2.40. The van der Waals surface area contributed by atoms with Crippen LogP contribution in [0.15, 0.2) is 18.2 Å². The smallest absolute Gasteiger partial charge is 0.339 e. The van der Waals surface area contributed by atoms with E-state index in [1.54, 1.807) is 0 Å². The quantitative estimate of drug-likeness (QED) is 0.369. The first-order chi connectivity index (χ1) is 14.0. The van der Waals surface area contributed by atoms with Crippen molar-refractivity contribution in [2.24, 2.45) is 0 Å². The van der Waals surface area contributed by atoms with Crippen LogP contribution in [0.1, 0.15) is 27.1 Å². The largest absolute Gasteiger partial charge is 0.465 e. The van der Waals surface area contributed by atoms with Crippen LogP contribution in [0.2, 0.25) is 0 Å². The molecule has 0 atom stereocenters. The zero-order chi connectivity index (χ0) is 21.2. The molecule has 2 N–H and O–H groups in total. The average molecular weight is 407 g/mol. The van der Waals surface area contributed by atoms with Crippen molar-refractivity contribution >= 4 is 29.4 Å². The van der Waals surface area contributed by atoms with E-state index >= 15 is 0 Å². The minimum Gasteiger partial charge on any atom is -0.465 e. The van der Waals surface area contributed by atoms with E-state index in [-0.39, 0.29) is 16.8 Å². The Morgan fingerprint density at radius 2 is 1.72 bits per heavy atom. The summed E-state index contributed by atoms with van der Waals surface area (Å²) in [6.07, 6.45) is 0.685. The highest BCUT2D eigenvalue weighted by molar-refractivity contribution is 6.40. The summed E-state index contributed by atoms with van der Waals surface area (Å²) in [4.78, 5) is 50.1. The van der Waals surface area contributed by atoms with E-state index in [2.05, 4.69) is 25.0 Å². The maximum absolute atomic E-state index is 12.2. The van der Waals surface area contributed by atoms with Crippen LogP contribution in [-0.2, 0) is 23.8 Å². The molecule has 29 heavy (non-hydrogen) atoms. The molecule has 1 fully saturated rings. The lowest BCUT2D eigenvalue weighted by Gasteiger charge is -2.26. The molecule has 0 spiro atoms. The zero-order valence-electron chi connectivity index (χ0n) is 16.5. The van der Waals surface area contributed by atoms with E-state index in [1.165, 1.54) is 32.4 Å². The summed E-state index contributed by atoms with van der Waals surface area (Å²) in [6, 6.07) is 3.93. The van der Waals surface area contributed by atoms with Gasteiger partial charge >= 0.3 is 23.8 Å². The molecule has 0 aliphatic carbocycles. The summed E-state index contributed by atoms with van der Waals surface area (Å²) >= 11 is 0. The fourth-order valence-electron chi connectivity index (χ4n) is 2.77. The molecule has 1 saturated heterocycles. The molecule has 10 nitrogen and oxygen atoms in total. The Bertz CT molecular complexity index is 760. The van der Waals surface area contributed by atoms with Crippen molar-refractivity contribution in [3.63, 3.8) is 0 Å². The van der Waals surface area contributed by atoms with Crippen molar-refractivity contribution in [1.82, 2.24) is 10.2 Å². The summed E-state index contributed by atoms with van der Waals surface area (Å²) in [6.45, 7) is 4.21. The van der Waals surface area contributed by atoms with Gasteiger partial charge in [0.25, 0.3) is 0 Å². The maximum Gasteiger partial charge on any atom is 0.339 e. The predicted molar refractivity (Wildman–Crippen MR) is 103 cm³/mol. The van der Waals surface area contributed by atoms with Gasteiger partial charge in [0.05, 0.1) is 44.2 Å². The van der Waals surface area contributed by atoms with Gasteiger partial charge < -0.3 is 24.8 Å². The molecule has 2 amide bonds. The topological polar surface area (TPSA) is 123 Å². The van der Waals surface area contributed by atoms with Gasteiger partial charge in [-0.15, -0.1) is 0 Å². The number of hydrogen-bond donors (Lipinski definition) is 2. The molecule has 0 unspecified atom stereocenters. The van der Waals surface area contributed by atoms with Crippen molar-refractivity contribution in [3.8, 4) is 0 Å². The number of anilines is 1. The molecular formula is C19H25N3O7. The van der Waals surface area contributed by atoms with Crippen molar-refractivity contribution in [3.05, 3.63) is 29.3 Å². The number of ether oxygens (including phenoxy) is 3. The normalized spacial score (nSPS) is 14.0. The fraction of sp³-hybridized carbons (Fsp3) is 0.474. The number of hydrogen-bond acceptors (Lipinski definition) is 8. The van der Waals surface area contributed by atoms with Crippen LogP contribution in [0.5, 0.6) is 0 Å². The third-order valence-electron chi connectivity index (χ3n) is 4.34. The third-order valence-corrected chi connectivity index (χ3v) is 4.34. The molecule has 0 bridgehead atoms. The maximum atomic E-state index is 12.2. The summed E-state index contributed by atoms with van der Waals surface area (Å²) in [5.41, 5.74) is 0.100. The van der Waals surface area contributed by atoms with Crippen molar-refractivity contribution in [2.75, 3.05) is 58.9 Å². The Hall–Kier alpha value is -2.98. The Morgan fingerprint density at radius 1 is 1.03 bits per heavy atom. The molecule has 0 saturated carbocycles. The molecule has 0 aromatic heterocycles. The molecule has 1 heterocycles. The monoisotopic (exact) mass is 407 g/mol. The minimum atomic E-state index is -0.955. The number of methoxy groups -OCH3 is 2. The van der Waals surface area contributed by atoms with Gasteiger partial charge in [0.2, 0.25) is 0 Å². The van der Waals surface area contributed by atoms with E-state index in [0.717, 1.165) is 19.6 Å². The second kappa shape index (κ2) is 11.1. The zero-order valence-corrected chi connectivity index (χ0v) is 16.5. The molecule has 1 aromatic rings. The molecule has 158 valence electrons. The van der Waals surface area contributed by atoms with Crippen LogP contribution in [0.3, 0.4) is 0 Å². The number of nitrogens with zero attached hydrogens (tertiary/aromatic N) is 1. The number of rotatable bonds is 7. The lowest BCUT2D eigenvalue weighted by atomic mass is 10.1. The summed E-state index contributed by atoms with van der Waals surface area (Å²) in [7, 11) is 2.39. The van der Waals surface area contributed by atoms with E-state index < -0.39 is 23.8 Å². The van der Waals surface area contributed by atoms with Gasteiger partial charge in [-0.3, -0.25) is 14.5 Å². The standard InChI is InChI=1S/C19H25N3O7/c1-27-18(25)13-4-5-14(19(26)28-2)15(12-13)21-17(24)16(23)20-6-3-7-22-8-10-29-11-9-22/h4-5,12H,3,6-11H2,1-2H3,(H,20,23)(H,21,24). The first kappa shape index (κ1) is 22.3. The van der Waals surface area contributed by atoms with Gasteiger partial charge in [0.1, 0.15) is 0 Å². The van der Waals surface area contributed by atoms with Crippen LogP contribution in [0.25, 0.3) is 0 Å². The summed E-state index contributed by atoms with van der Waals surface area (Å²) < 4.78 is 14.6. The predicted octanol–water partition coefficient (Wildman–Crippen LogP) is 0.0368.